The van der Waals surface area contributed by atoms with Crippen LogP contribution >= 0.6 is 0 Å². The summed E-state index contributed by atoms with van der Waals surface area (Å²) >= 11 is 0. The molecule has 5 aromatic rings. The largest absolute Gasteiger partial charge is 0.381 e. The van der Waals surface area contributed by atoms with Gasteiger partial charge in [-0.1, -0.05) is 12.1 Å². The quantitative estimate of drug-likeness (QED) is 0.356. The second kappa shape index (κ2) is 8.79. The minimum Gasteiger partial charge on any atom is -0.381 e. The first kappa shape index (κ1) is 22.3. The van der Waals surface area contributed by atoms with Crippen LogP contribution < -0.4 is 10.6 Å². The van der Waals surface area contributed by atoms with E-state index in [0.29, 0.717) is 55.2 Å². The predicted octanol–water partition coefficient (Wildman–Crippen LogP) is 4.97. The summed E-state index contributed by atoms with van der Waals surface area (Å²) in [5.74, 6) is -2.64. The van der Waals surface area contributed by atoms with E-state index in [0.717, 1.165) is 16.6 Å². The molecule has 184 valence electrons. The zero-order valence-corrected chi connectivity index (χ0v) is 19.2. The Bertz CT molecular complexity index is 1570. The van der Waals surface area contributed by atoms with E-state index in [-0.39, 0.29) is 11.9 Å². The zero-order valence-electron chi connectivity index (χ0n) is 19.2. The molecule has 0 saturated carbocycles. The average Bonchev–Trinajstić information content (AvgIpc) is 3.43. The number of aromatic nitrogens is 6. The summed E-state index contributed by atoms with van der Waals surface area (Å²) in [4.78, 5) is 9.13. The molecule has 2 N–H and O–H groups in total. The van der Waals surface area contributed by atoms with Gasteiger partial charge in [0.15, 0.2) is 23.1 Å². The van der Waals surface area contributed by atoms with Gasteiger partial charge in [0.2, 0.25) is 5.95 Å². The van der Waals surface area contributed by atoms with E-state index >= 15 is 0 Å². The maximum absolute atomic E-state index is 14.4. The number of anilines is 4. The first-order valence-corrected chi connectivity index (χ1v) is 11.4. The van der Waals surface area contributed by atoms with Crippen LogP contribution in [0, 0.1) is 17.5 Å². The van der Waals surface area contributed by atoms with Crippen LogP contribution in [0.3, 0.4) is 0 Å². The first-order chi connectivity index (χ1) is 17.5. The molecule has 12 heteroatoms. The Hall–Kier alpha value is -4.19. The lowest BCUT2D eigenvalue weighted by molar-refractivity contribution is 0.0674. The number of rotatable bonds is 5. The predicted molar refractivity (Wildman–Crippen MR) is 128 cm³/mol. The molecule has 6 rings (SSSR count). The van der Waals surface area contributed by atoms with Crippen molar-refractivity contribution in [2.24, 2.45) is 7.05 Å². The van der Waals surface area contributed by atoms with Crippen LogP contribution in [0.5, 0.6) is 0 Å². The summed E-state index contributed by atoms with van der Waals surface area (Å²) < 4.78 is 51.1. The van der Waals surface area contributed by atoms with Crippen LogP contribution in [0.2, 0.25) is 0 Å². The summed E-state index contributed by atoms with van der Waals surface area (Å²) in [6, 6.07) is 6.97. The second-order valence-corrected chi connectivity index (χ2v) is 8.57. The van der Waals surface area contributed by atoms with E-state index in [1.54, 1.807) is 21.8 Å². The van der Waals surface area contributed by atoms with Crippen LogP contribution in [0.1, 0.15) is 18.9 Å². The molecule has 4 heterocycles. The van der Waals surface area contributed by atoms with Crippen LogP contribution in [0.15, 0.2) is 42.7 Å². The van der Waals surface area contributed by atoms with E-state index in [1.165, 1.54) is 0 Å². The first-order valence-electron chi connectivity index (χ1n) is 11.4. The fraction of sp³-hybridized carbons (Fsp3) is 0.250. The van der Waals surface area contributed by atoms with Gasteiger partial charge in [-0.05, 0) is 18.9 Å². The van der Waals surface area contributed by atoms with Crippen LogP contribution in [-0.4, -0.2) is 42.7 Å². The van der Waals surface area contributed by atoms with E-state index in [9.17, 15) is 13.2 Å². The third kappa shape index (κ3) is 3.88. The van der Waals surface area contributed by atoms with Crippen LogP contribution in [0.4, 0.5) is 36.3 Å². The standard InChI is InChI=1S/C24H21F3N8O/c1-34-21-13(11-29-34)3-2-4-19(21)30-24-28-12-16-22(31-20-17(26)9-14(25)10-18(20)27)33-35(23(16)32-24)15-5-7-36-8-6-15/h2-4,9-12,15H,5-8H2,1H3,(H,31,33)(H,28,30,32). The van der Waals surface area contributed by atoms with Gasteiger partial charge in [0, 0.05) is 44.0 Å². The highest BCUT2D eigenvalue weighted by molar-refractivity contribution is 5.93. The molecule has 0 unspecified atom stereocenters. The van der Waals surface area contributed by atoms with Gasteiger partial charge in [-0.3, -0.25) is 4.68 Å². The zero-order chi connectivity index (χ0) is 24.8. The van der Waals surface area contributed by atoms with Gasteiger partial charge in [-0.15, -0.1) is 0 Å². The Morgan fingerprint density at radius 1 is 1.03 bits per heavy atom. The number of benzene rings is 2. The number of aryl methyl sites for hydroxylation is 1. The Labute approximate surface area is 202 Å². The fourth-order valence-corrected chi connectivity index (χ4v) is 4.49. The molecule has 0 amide bonds. The summed E-state index contributed by atoms with van der Waals surface area (Å²) in [6.45, 7) is 1.13. The van der Waals surface area contributed by atoms with Gasteiger partial charge in [-0.25, -0.2) is 22.8 Å². The van der Waals surface area contributed by atoms with Crippen molar-refractivity contribution in [3.63, 3.8) is 0 Å². The molecular weight excluding hydrogens is 473 g/mol. The highest BCUT2D eigenvalue weighted by atomic mass is 19.1. The Morgan fingerprint density at radius 3 is 2.58 bits per heavy atom. The number of fused-ring (bicyclic) bond motifs is 2. The molecule has 2 aromatic carbocycles. The van der Waals surface area contributed by atoms with Crippen LogP contribution in [0.25, 0.3) is 21.9 Å². The topological polar surface area (TPSA) is 94.7 Å². The molecular formula is C24H21F3N8O. The SMILES string of the molecule is Cn1ncc2cccc(Nc3ncc4c(Nc5c(F)cc(F)cc5F)nn(C5CCOCC5)c4n3)c21. The van der Waals surface area contributed by atoms with Gasteiger partial charge in [0.05, 0.1) is 28.8 Å². The molecule has 9 nitrogen and oxygen atoms in total. The van der Waals surface area contributed by atoms with Gasteiger partial charge < -0.3 is 15.4 Å². The number of halogens is 3. The molecule has 1 aliphatic rings. The van der Waals surface area contributed by atoms with Gasteiger partial charge in [0.1, 0.15) is 11.5 Å². The van der Waals surface area contributed by atoms with Crippen LogP contribution in [-0.2, 0) is 11.8 Å². The fourth-order valence-electron chi connectivity index (χ4n) is 4.49. The van der Waals surface area contributed by atoms with Crippen molar-refractivity contribution < 1.29 is 17.9 Å². The minimum absolute atomic E-state index is 0.0250. The summed E-state index contributed by atoms with van der Waals surface area (Å²) in [5, 5.41) is 16.3. The van der Waals surface area contributed by atoms with Crippen molar-refractivity contribution in [3.8, 4) is 0 Å². The molecule has 0 atom stereocenters. The van der Waals surface area contributed by atoms with Crippen molar-refractivity contribution in [3.05, 3.63) is 60.2 Å². The molecule has 3 aromatic heterocycles. The maximum Gasteiger partial charge on any atom is 0.229 e. The highest BCUT2D eigenvalue weighted by Gasteiger charge is 2.24. The molecule has 0 aliphatic carbocycles. The number of hydrogen-bond donors (Lipinski definition) is 2. The van der Waals surface area contributed by atoms with Crippen molar-refractivity contribution in [1.82, 2.24) is 29.5 Å². The van der Waals surface area contributed by atoms with Crippen molar-refractivity contribution in [1.29, 1.82) is 0 Å². The third-order valence-corrected chi connectivity index (χ3v) is 6.24. The highest BCUT2D eigenvalue weighted by Crippen LogP contribution is 2.33. The normalized spacial score (nSPS) is 14.6. The molecule has 1 saturated heterocycles. The maximum atomic E-state index is 14.4. The number of para-hydroxylation sites is 1. The summed E-state index contributed by atoms with van der Waals surface area (Å²) in [6.07, 6.45) is 4.72. The number of nitrogens with zero attached hydrogens (tertiary/aromatic N) is 6. The average molecular weight is 494 g/mol. The number of hydrogen-bond acceptors (Lipinski definition) is 7. The molecule has 0 radical (unpaired) electrons. The van der Waals surface area contributed by atoms with Crippen molar-refractivity contribution in [2.75, 3.05) is 23.8 Å². The molecule has 0 bridgehead atoms. The van der Waals surface area contributed by atoms with Gasteiger partial charge >= 0.3 is 0 Å². The van der Waals surface area contributed by atoms with Gasteiger partial charge in [0.25, 0.3) is 0 Å². The summed E-state index contributed by atoms with van der Waals surface area (Å²) in [7, 11) is 1.85. The Morgan fingerprint density at radius 2 is 1.81 bits per heavy atom. The molecule has 1 fully saturated rings. The van der Waals surface area contributed by atoms with Crippen molar-refractivity contribution >= 4 is 45.1 Å². The van der Waals surface area contributed by atoms with Crippen molar-refractivity contribution in [2.45, 2.75) is 18.9 Å². The summed E-state index contributed by atoms with van der Waals surface area (Å²) in [5.41, 5.74) is 1.66. The molecule has 36 heavy (non-hydrogen) atoms. The van der Waals surface area contributed by atoms with E-state index in [4.69, 9.17) is 9.72 Å². The lowest BCUT2D eigenvalue weighted by Gasteiger charge is -2.22. The monoisotopic (exact) mass is 494 g/mol. The Kier molecular flexibility index (Phi) is 5.44. The molecule has 0 spiro atoms. The lowest BCUT2D eigenvalue weighted by Crippen LogP contribution is -2.21. The second-order valence-electron chi connectivity index (χ2n) is 8.57. The molecule has 1 aliphatic heterocycles. The minimum atomic E-state index is -1.07. The smallest absolute Gasteiger partial charge is 0.229 e. The van der Waals surface area contributed by atoms with E-state index in [2.05, 4.69) is 25.8 Å². The van der Waals surface area contributed by atoms with E-state index < -0.39 is 23.1 Å². The number of ether oxygens (including phenoxy) is 1. The third-order valence-electron chi connectivity index (χ3n) is 6.24. The van der Waals surface area contributed by atoms with E-state index in [1.807, 2.05) is 25.2 Å². The number of nitrogens with one attached hydrogen (secondary N) is 2. The van der Waals surface area contributed by atoms with Gasteiger partial charge in [-0.2, -0.15) is 15.2 Å². The lowest BCUT2D eigenvalue weighted by atomic mass is 10.1. The Balaban J connectivity index is 1.43.